The summed E-state index contributed by atoms with van der Waals surface area (Å²) in [5.41, 5.74) is 0.660. The number of nitrogens with zero attached hydrogens (tertiary/aromatic N) is 2. The zero-order chi connectivity index (χ0) is 15.5. The SMILES string of the molecule is O=C(NCC(F)(F)F)N1CCN(c2ccccc2O)CC1. The number of piperazine rings is 1. The fourth-order valence-electron chi connectivity index (χ4n) is 2.17. The first-order valence-electron chi connectivity index (χ1n) is 6.49. The number of benzene rings is 1. The van der Waals surface area contributed by atoms with Gasteiger partial charge in [0.1, 0.15) is 12.3 Å². The molecule has 5 nitrogen and oxygen atoms in total. The second-order valence-electron chi connectivity index (χ2n) is 4.74. The van der Waals surface area contributed by atoms with Gasteiger partial charge < -0.3 is 20.2 Å². The van der Waals surface area contributed by atoms with Gasteiger partial charge in [0, 0.05) is 26.2 Å². The van der Waals surface area contributed by atoms with E-state index in [9.17, 15) is 23.1 Å². The Hall–Kier alpha value is -2.12. The van der Waals surface area contributed by atoms with Crippen LogP contribution in [0.1, 0.15) is 0 Å². The van der Waals surface area contributed by atoms with Crippen LogP contribution in [-0.2, 0) is 0 Å². The Bertz CT molecular complexity index is 500. The first-order valence-corrected chi connectivity index (χ1v) is 6.49. The van der Waals surface area contributed by atoms with Gasteiger partial charge in [-0.3, -0.25) is 0 Å². The van der Waals surface area contributed by atoms with Crippen molar-refractivity contribution in [3.05, 3.63) is 24.3 Å². The molecule has 2 N–H and O–H groups in total. The molecule has 0 aliphatic carbocycles. The van der Waals surface area contributed by atoms with Crippen molar-refractivity contribution in [2.24, 2.45) is 0 Å². The lowest BCUT2D eigenvalue weighted by atomic mass is 10.2. The second kappa shape index (κ2) is 6.11. The molecule has 1 fully saturated rings. The topological polar surface area (TPSA) is 55.8 Å². The average molecular weight is 303 g/mol. The standard InChI is InChI=1S/C13H16F3N3O2/c14-13(15,16)9-17-12(21)19-7-5-18(6-8-19)10-3-1-2-4-11(10)20/h1-4,20H,5-9H2,(H,17,21). The van der Waals surface area contributed by atoms with Crippen molar-refractivity contribution < 1.29 is 23.1 Å². The monoisotopic (exact) mass is 303 g/mol. The number of halogens is 3. The Morgan fingerprint density at radius 1 is 1.19 bits per heavy atom. The predicted molar refractivity (Wildman–Crippen MR) is 71.3 cm³/mol. The van der Waals surface area contributed by atoms with Gasteiger partial charge in [0.2, 0.25) is 0 Å². The number of phenolic OH excluding ortho intramolecular Hbond substituents is 1. The third kappa shape index (κ3) is 4.17. The lowest BCUT2D eigenvalue weighted by molar-refractivity contribution is -0.123. The minimum absolute atomic E-state index is 0.146. The van der Waals surface area contributed by atoms with Crippen LogP contribution in [0, 0.1) is 0 Å². The number of rotatable bonds is 2. The molecule has 21 heavy (non-hydrogen) atoms. The van der Waals surface area contributed by atoms with Crippen molar-refractivity contribution in [1.29, 1.82) is 0 Å². The van der Waals surface area contributed by atoms with Crippen molar-refractivity contribution >= 4 is 11.7 Å². The number of aromatic hydroxyl groups is 1. The van der Waals surface area contributed by atoms with Crippen LogP contribution < -0.4 is 10.2 Å². The van der Waals surface area contributed by atoms with Crippen LogP contribution in [0.5, 0.6) is 5.75 Å². The summed E-state index contributed by atoms with van der Waals surface area (Å²) in [6, 6.07) is 6.10. The highest BCUT2D eigenvalue weighted by molar-refractivity contribution is 5.74. The van der Waals surface area contributed by atoms with Crippen molar-refractivity contribution in [2.75, 3.05) is 37.6 Å². The largest absolute Gasteiger partial charge is 0.506 e. The maximum absolute atomic E-state index is 12.0. The summed E-state index contributed by atoms with van der Waals surface area (Å²) >= 11 is 0. The van der Waals surface area contributed by atoms with Gasteiger partial charge in [-0.1, -0.05) is 12.1 Å². The minimum Gasteiger partial charge on any atom is -0.506 e. The first-order chi connectivity index (χ1) is 9.87. The third-order valence-electron chi connectivity index (χ3n) is 3.23. The fourth-order valence-corrected chi connectivity index (χ4v) is 2.17. The van der Waals surface area contributed by atoms with E-state index in [1.165, 1.54) is 4.90 Å². The van der Waals surface area contributed by atoms with Gasteiger partial charge in [-0.2, -0.15) is 13.2 Å². The smallest absolute Gasteiger partial charge is 0.405 e. The van der Waals surface area contributed by atoms with E-state index in [0.29, 0.717) is 31.9 Å². The van der Waals surface area contributed by atoms with Gasteiger partial charge >= 0.3 is 12.2 Å². The number of urea groups is 1. The van der Waals surface area contributed by atoms with Gasteiger partial charge in [0.25, 0.3) is 0 Å². The second-order valence-corrected chi connectivity index (χ2v) is 4.74. The van der Waals surface area contributed by atoms with E-state index >= 15 is 0 Å². The molecule has 0 unspecified atom stereocenters. The Morgan fingerprint density at radius 3 is 2.38 bits per heavy atom. The lowest BCUT2D eigenvalue weighted by Crippen LogP contribution is -2.53. The molecule has 1 aliphatic heterocycles. The van der Waals surface area contributed by atoms with E-state index in [2.05, 4.69) is 0 Å². The molecular weight excluding hydrogens is 287 g/mol. The number of phenols is 1. The molecule has 0 radical (unpaired) electrons. The molecule has 0 spiro atoms. The van der Waals surface area contributed by atoms with Crippen LogP contribution in [0.4, 0.5) is 23.7 Å². The average Bonchev–Trinajstić information content (AvgIpc) is 2.45. The Kier molecular flexibility index (Phi) is 4.44. The molecule has 0 aromatic heterocycles. The zero-order valence-corrected chi connectivity index (χ0v) is 11.2. The summed E-state index contributed by atoms with van der Waals surface area (Å²) in [6.45, 7) is 0.190. The van der Waals surface area contributed by atoms with Crippen LogP contribution in [0.15, 0.2) is 24.3 Å². The van der Waals surface area contributed by atoms with Gasteiger partial charge in [0.05, 0.1) is 5.69 Å². The molecule has 116 valence electrons. The van der Waals surface area contributed by atoms with Crippen molar-refractivity contribution in [3.8, 4) is 5.75 Å². The summed E-state index contributed by atoms with van der Waals surface area (Å²) in [5.74, 6) is 0.146. The summed E-state index contributed by atoms with van der Waals surface area (Å²) in [6.07, 6.45) is -4.41. The maximum Gasteiger partial charge on any atom is 0.405 e. The van der Waals surface area contributed by atoms with Gasteiger partial charge in [-0.15, -0.1) is 0 Å². The quantitative estimate of drug-likeness (QED) is 0.876. The number of hydrogen-bond acceptors (Lipinski definition) is 3. The molecule has 1 aliphatic rings. The summed E-state index contributed by atoms with van der Waals surface area (Å²) in [5, 5.41) is 11.6. The van der Waals surface area contributed by atoms with Crippen LogP contribution in [-0.4, -0.2) is 54.9 Å². The highest BCUT2D eigenvalue weighted by atomic mass is 19.4. The normalized spacial score (nSPS) is 16.0. The number of amides is 2. The van der Waals surface area contributed by atoms with Crippen molar-refractivity contribution in [2.45, 2.75) is 6.18 Å². The Labute approximate surface area is 120 Å². The number of carbonyl (C=O) groups excluding carboxylic acids is 1. The molecule has 8 heteroatoms. The molecule has 0 bridgehead atoms. The van der Waals surface area contributed by atoms with E-state index in [-0.39, 0.29) is 5.75 Å². The summed E-state index contributed by atoms with van der Waals surface area (Å²) in [4.78, 5) is 14.8. The predicted octanol–water partition coefficient (Wildman–Crippen LogP) is 1.79. The zero-order valence-electron chi connectivity index (χ0n) is 11.2. The molecule has 0 saturated carbocycles. The molecule has 1 aromatic carbocycles. The Morgan fingerprint density at radius 2 is 1.81 bits per heavy atom. The van der Waals surface area contributed by atoms with Crippen molar-refractivity contribution in [3.63, 3.8) is 0 Å². The molecular formula is C13H16F3N3O2. The van der Waals surface area contributed by atoms with Crippen LogP contribution in [0.3, 0.4) is 0 Å². The van der Waals surface area contributed by atoms with Gasteiger partial charge in [0.15, 0.2) is 0 Å². The van der Waals surface area contributed by atoms with Crippen LogP contribution in [0.25, 0.3) is 0 Å². The summed E-state index contributed by atoms with van der Waals surface area (Å²) in [7, 11) is 0. The highest BCUT2D eigenvalue weighted by Gasteiger charge is 2.29. The van der Waals surface area contributed by atoms with E-state index in [4.69, 9.17) is 0 Å². The number of anilines is 1. The van der Waals surface area contributed by atoms with Gasteiger partial charge in [-0.25, -0.2) is 4.79 Å². The number of carbonyl (C=O) groups is 1. The summed E-state index contributed by atoms with van der Waals surface area (Å²) < 4.78 is 36.1. The number of para-hydroxylation sites is 2. The van der Waals surface area contributed by atoms with Crippen LogP contribution in [0.2, 0.25) is 0 Å². The van der Waals surface area contributed by atoms with Crippen LogP contribution >= 0.6 is 0 Å². The maximum atomic E-state index is 12.0. The van der Waals surface area contributed by atoms with E-state index in [1.807, 2.05) is 10.2 Å². The molecule has 1 saturated heterocycles. The van der Waals surface area contributed by atoms with E-state index in [0.717, 1.165) is 0 Å². The lowest BCUT2D eigenvalue weighted by Gasteiger charge is -2.36. The first kappa shape index (κ1) is 15.3. The molecule has 1 aromatic rings. The number of hydrogen-bond donors (Lipinski definition) is 2. The highest BCUT2D eigenvalue weighted by Crippen LogP contribution is 2.27. The van der Waals surface area contributed by atoms with E-state index < -0.39 is 18.8 Å². The van der Waals surface area contributed by atoms with Crippen molar-refractivity contribution in [1.82, 2.24) is 10.2 Å². The molecule has 1 heterocycles. The minimum atomic E-state index is -4.41. The number of nitrogens with one attached hydrogen (secondary N) is 1. The van der Waals surface area contributed by atoms with Gasteiger partial charge in [-0.05, 0) is 12.1 Å². The fraction of sp³-hybridized carbons (Fsp3) is 0.462. The Balaban J connectivity index is 1.86. The number of alkyl halides is 3. The van der Waals surface area contributed by atoms with E-state index in [1.54, 1.807) is 24.3 Å². The molecule has 2 amide bonds. The molecule has 0 atom stereocenters. The third-order valence-corrected chi connectivity index (χ3v) is 3.23. The molecule has 2 rings (SSSR count).